The third kappa shape index (κ3) is 1.67. The fourth-order valence-corrected chi connectivity index (χ4v) is 3.40. The van der Waals surface area contributed by atoms with Crippen molar-refractivity contribution in [3.63, 3.8) is 0 Å². The highest BCUT2D eigenvalue weighted by Gasteiger charge is 2.35. The zero-order valence-corrected chi connectivity index (χ0v) is 9.98. The highest BCUT2D eigenvalue weighted by molar-refractivity contribution is 5.92. The third-order valence-corrected chi connectivity index (χ3v) is 4.26. The normalized spacial score (nSPS) is 35.4. The quantitative estimate of drug-likeness (QED) is 0.667. The Balaban J connectivity index is 1.75. The van der Waals surface area contributed by atoms with Gasteiger partial charge in [0.15, 0.2) is 5.78 Å². The minimum atomic E-state index is 0.316. The predicted molar refractivity (Wildman–Crippen MR) is 63.1 cm³/mol. The second kappa shape index (κ2) is 3.88. The fourth-order valence-electron chi connectivity index (χ4n) is 3.40. The van der Waals surface area contributed by atoms with Gasteiger partial charge in [-0.2, -0.15) is 0 Å². The van der Waals surface area contributed by atoms with Gasteiger partial charge in [0.05, 0.1) is 0 Å². The van der Waals surface area contributed by atoms with Crippen LogP contribution in [0.2, 0.25) is 0 Å². The largest absolute Gasteiger partial charge is 0.369 e. The molecule has 0 amide bonds. The molecule has 0 saturated carbocycles. The highest BCUT2D eigenvalue weighted by Crippen LogP contribution is 2.30. The summed E-state index contributed by atoms with van der Waals surface area (Å²) in [7, 11) is 0. The molecule has 3 aliphatic rings. The monoisotopic (exact) mass is 220 g/mol. The smallest absolute Gasteiger partial charge is 0.157 e. The summed E-state index contributed by atoms with van der Waals surface area (Å²) in [6, 6.07) is 1.32. The third-order valence-electron chi connectivity index (χ3n) is 4.26. The molecule has 0 radical (unpaired) electrons. The van der Waals surface area contributed by atoms with Gasteiger partial charge in [-0.1, -0.05) is 0 Å². The van der Waals surface area contributed by atoms with Crippen molar-refractivity contribution in [1.82, 2.24) is 9.80 Å². The molecular formula is C13H20N2O. The average Bonchev–Trinajstić information content (AvgIpc) is 2.84. The van der Waals surface area contributed by atoms with Crippen LogP contribution < -0.4 is 0 Å². The maximum Gasteiger partial charge on any atom is 0.157 e. The number of hydrogen-bond donors (Lipinski definition) is 0. The Morgan fingerprint density at radius 3 is 2.94 bits per heavy atom. The number of fused-ring (bicyclic) bond motifs is 1. The van der Waals surface area contributed by atoms with Crippen molar-refractivity contribution in [3.8, 4) is 0 Å². The van der Waals surface area contributed by atoms with Gasteiger partial charge in [-0.05, 0) is 32.7 Å². The maximum atomic E-state index is 11.3. The minimum Gasteiger partial charge on any atom is -0.369 e. The van der Waals surface area contributed by atoms with Crippen LogP contribution in [0.5, 0.6) is 0 Å². The molecule has 2 fully saturated rings. The van der Waals surface area contributed by atoms with Gasteiger partial charge in [0, 0.05) is 43.4 Å². The molecule has 1 aliphatic carbocycles. The van der Waals surface area contributed by atoms with Crippen LogP contribution in [0.25, 0.3) is 0 Å². The van der Waals surface area contributed by atoms with Crippen molar-refractivity contribution in [3.05, 3.63) is 11.8 Å². The Morgan fingerprint density at radius 2 is 2.19 bits per heavy atom. The van der Waals surface area contributed by atoms with E-state index in [1.165, 1.54) is 31.6 Å². The first-order valence-corrected chi connectivity index (χ1v) is 6.48. The molecule has 2 heterocycles. The van der Waals surface area contributed by atoms with Crippen molar-refractivity contribution < 1.29 is 4.79 Å². The summed E-state index contributed by atoms with van der Waals surface area (Å²) in [6.45, 7) is 5.88. The van der Waals surface area contributed by atoms with Crippen LogP contribution in [-0.4, -0.2) is 47.3 Å². The molecular weight excluding hydrogens is 200 g/mol. The molecule has 88 valence electrons. The van der Waals surface area contributed by atoms with E-state index in [9.17, 15) is 4.79 Å². The Bertz CT molecular complexity index is 337. The van der Waals surface area contributed by atoms with Crippen LogP contribution in [0.3, 0.4) is 0 Å². The van der Waals surface area contributed by atoms with Gasteiger partial charge in [0.2, 0.25) is 0 Å². The summed E-state index contributed by atoms with van der Waals surface area (Å²) in [5, 5.41) is 0. The molecule has 2 aliphatic heterocycles. The number of nitrogens with zero attached hydrogens (tertiary/aromatic N) is 2. The number of piperazine rings is 1. The minimum absolute atomic E-state index is 0.316. The molecule has 0 aromatic carbocycles. The van der Waals surface area contributed by atoms with Crippen molar-refractivity contribution >= 4 is 5.78 Å². The number of hydrogen-bond acceptors (Lipinski definition) is 3. The molecule has 2 saturated heterocycles. The number of rotatable bonds is 1. The van der Waals surface area contributed by atoms with Crippen molar-refractivity contribution in [2.45, 2.75) is 44.7 Å². The fraction of sp³-hybridized carbons (Fsp3) is 0.769. The second-order valence-corrected chi connectivity index (χ2v) is 5.39. The number of ketones is 1. The van der Waals surface area contributed by atoms with E-state index in [-0.39, 0.29) is 0 Å². The lowest BCUT2D eigenvalue weighted by molar-refractivity contribution is -0.114. The van der Waals surface area contributed by atoms with Gasteiger partial charge in [0.25, 0.3) is 0 Å². The van der Waals surface area contributed by atoms with Gasteiger partial charge in [-0.3, -0.25) is 9.69 Å². The van der Waals surface area contributed by atoms with E-state index in [0.29, 0.717) is 11.8 Å². The van der Waals surface area contributed by atoms with Crippen LogP contribution in [-0.2, 0) is 4.79 Å². The lowest BCUT2D eigenvalue weighted by atomic mass is 10.1. The standard InChI is InChI=1S/C13H20N2O/c1-10-8-14-6-2-3-12(14)9-15(10)11-4-5-13(16)7-11/h7,10,12H,2-6,8-9H2,1H3. The van der Waals surface area contributed by atoms with Gasteiger partial charge in [0.1, 0.15) is 0 Å². The van der Waals surface area contributed by atoms with Gasteiger partial charge in [-0.15, -0.1) is 0 Å². The van der Waals surface area contributed by atoms with E-state index < -0.39 is 0 Å². The zero-order chi connectivity index (χ0) is 11.1. The van der Waals surface area contributed by atoms with Gasteiger partial charge in [-0.25, -0.2) is 0 Å². The maximum absolute atomic E-state index is 11.3. The van der Waals surface area contributed by atoms with Crippen molar-refractivity contribution in [2.24, 2.45) is 0 Å². The van der Waals surface area contributed by atoms with Crippen molar-refractivity contribution in [2.75, 3.05) is 19.6 Å². The first kappa shape index (κ1) is 10.3. The predicted octanol–water partition coefficient (Wildman–Crippen LogP) is 1.40. The Kier molecular flexibility index (Phi) is 2.51. The lowest BCUT2D eigenvalue weighted by Crippen LogP contribution is -2.54. The molecule has 0 spiro atoms. The van der Waals surface area contributed by atoms with Gasteiger partial charge < -0.3 is 4.90 Å². The summed E-state index contributed by atoms with van der Waals surface area (Å²) in [5.41, 5.74) is 1.30. The first-order chi connectivity index (χ1) is 7.74. The lowest BCUT2D eigenvalue weighted by Gasteiger charge is -2.44. The Labute approximate surface area is 97.1 Å². The summed E-state index contributed by atoms with van der Waals surface area (Å²) < 4.78 is 0. The summed E-state index contributed by atoms with van der Waals surface area (Å²) >= 11 is 0. The van der Waals surface area contributed by atoms with Crippen molar-refractivity contribution in [1.29, 1.82) is 0 Å². The van der Waals surface area contributed by atoms with Crippen LogP contribution in [0.1, 0.15) is 32.6 Å². The zero-order valence-electron chi connectivity index (χ0n) is 9.98. The molecule has 16 heavy (non-hydrogen) atoms. The topological polar surface area (TPSA) is 23.6 Å². The molecule has 2 unspecified atom stereocenters. The number of carbonyl (C=O) groups is 1. The molecule has 2 atom stereocenters. The molecule has 3 rings (SSSR count). The highest BCUT2D eigenvalue weighted by atomic mass is 16.1. The second-order valence-electron chi connectivity index (χ2n) is 5.39. The van der Waals surface area contributed by atoms with E-state index in [2.05, 4.69) is 16.7 Å². The van der Waals surface area contributed by atoms with Crippen LogP contribution in [0.4, 0.5) is 0 Å². The van der Waals surface area contributed by atoms with Crippen LogP contribution >= 0.6 is 0 Å². The number of allylic oxidation sites excluding steroid dienone is 2. The molecule has 3 nitrogen and oxygen atoms in total. The van der Waals surface area contributed by atoms with Crippen LogP contribution in [0, 0.1) is 0 Å². The summed E-state index contributed by atoms with van der Waals surface area (Å²) in [5.74, 6) is 0.316. The number of carbonyl (C=O) groups excluding carboxylic acids is 1. The Morgan fingerprint density at radius 1 is 1.31 bits per heavy atom. The van der Waals surface area contributed by atoms with E-state index >= 15 is 0 Å². The molecule has 0 N–H and O–H groups in total. The van der Waals surface area contributed by atoms with E-state index in [1.807, 2.05) is 6.08 Å². The van der Waals surface area contributed by atoms with Crippen LogP contribution in [0.15, 0.2) is 11.8 Å². The molecule has 3 heteroatoms. The van der Waals surface area contributed by atoms with E-state index in [1.54, 1.807) is 0 Å². The summed E-state index contributed by atoms with van der Waals surface area (Å²) in [6.07, 6.45) is 6.26. The Hall–Kier alpha value is -0.830. The first-order valence-electron chi connectivity index (χ1n) is 6.48. The SMILES string of the molecule is CC1CN2CCCC2CN1C1=CC(=O)CC1. The summed E-state index contributed by atoms with van der Waals surface area (Å²) in [4.78, 5) is 16.4. The van der Waals surface area contributed by atoms with E-state index in [0.717, 1.165) is 25.4 Å². The molecule has 0 aromatic rings. The van der Waals surface area contributed by atoms with Gasteiger partial charge >= 0.3 is 0 Å². The van der Waals surface area contributed by atoms with E-state index in [4.69, 9.17) is 0 Å². The molecule has 0 bridgehead atoms. The molecule has 0 aromatic heterocycles. The average molecular weight is 220 g/mol.